The highest BCUT2D eigenvalue weighted by Gasteiger charge is 2.10. The normalized spacial score (nSPS) is 13.7. The van der Waals surface area contributed by atoms with Gasteiger partial charge in [0.05, 0.1) is 5.70 Å². The first kappa shape index (κ1) is 22.2. The molecule has 0 unspecified atom stereocenters. The van der Waals surface area contributed by atoms with Gasteiger partial charge in [0.1, 0.15) is 0 Å². The number of hydrogen-bond acceptors (Lipinski definition) is 2. The van der Waals surface area contributed by atoms with Gasteiger partial charge in [-0.1, -0.05) is 48.1 Å². The summed E-state index contributed by atoms with van der Waals surface area (Å²) in [5, 5.41) is 0. The van der Waals surface area contributed by atoms with Crippen LogP contribution >= 0.6 is 0 Å². The molecule has 1 rings (SSSR count). The zero-order valence-corrected chi connectivity index (χ0v) is 13.5. The summed E-state index contributed by atoms with van der Waals surface area (Å²) in [7, 11) is 0. The Morgan fingerprint density at radius 1 is 0.944 bits per heavy atom. The third-order valence-corrected chi connectivity index (χ3v) is 2.15. The lowest BCUT2D eigenvalue weighted by atomic mass is 10.1. The third kappa shape index (κ3) is 11.4. The molecule has 1 saturated heterocycles. The summed E-state index contributed by atoms with van der Waals surface area (Å²) in [4.78, 5) is 6.07. The minimum absolute atomic E-state index is 1.10. The van der Waals surface area contributed by atoms with Gasteiger partial charge in [-0.25, -0.2) is 0 Å². The van der Waals surface area contributed by atoms with Crippen molar-refractivity contribution in [2.45, 2.75) is 60.8 Å². The fraction of sp³-hybridized carbons (Fsp3) is 0.688. The van der Waals surface area contributed by atoms with Gasteiger partial charge in [-0.05, 0) is 32.1 Å². The molecule has 1 aliphatic rings. The largest absolute Gasteiger partial charge is 0.370 e. The van der Waals surface area contributed by atoms with Crippen LogP contribution in [0.4, 0.5) is 0 Å². The molecular weight excluding hydrogens is 220 g/mol. The Morgan fingerprint density at radius 3 is 1.72 bits per heavy atom. The van der Waals surface area contributed by atoms with Crippen molar-refractivity contribution in [3.8, 4) is 0 Å². The number of piperidine rings is 1. The van der Waals surface area contributed by atoms with Crippen LogP contribution in [-0.2, 0) is 0 Å². The summed E-state index contributed by atoms with van der Waals surface area (Å²) in [5.74, 6) is 0. The quantitative estimate of drug-likeness (QED) is 0.494. The predicted molar refractivity (Wildman–Crippen MR) is 87.3 cm³/mol. The standard InChI is InChI=1S/C10H16N2.3C2H6/c1-3-10(9-11-2)12-7-5-4-6-8-12;3*1-2/h3,9H,1-2,4-8H2;3*1-2H3/b10-9+;;;. The van der Waals surface area contributed by atoms with E-state index in [-0.39, 0.29) is 0 Å². The highest BCUT2D eigenvalue weighted by molar-refractivity contribution is 5.28. The van der Waals surface area contributed by atoms with Crippen LogP contribution in [0.1, 0.15) is 60.8 Å². The molecule has 0 aromatic carbocycles. The summed E-state index contributed by atoms with van der Waals surface area (Å²) >= 11 is 0. The second-order valence-electron chi connectivity index (χ2n) is 2.99. The second-order valence-corrected chi connectivity index (χ2v) is 2.99. The van der Waals surface area contributed by atoms with Crippen molar-refractivity contribution in [1.29, 1.82) is 0 Å². The molecule has 0 spiro atoms. The van der Waals surface area contributed by atoms with Crippen molar-refractivity contribution >= 4 is 6.72 Å². The van der Waals surface area contributed by atoms with Crippen molar-refractivity contribution in [3.63, 3.8) is 0 Å². The van der Waals surface area contributed by atoms with E-state index in [2.05, 4.69) is 23.2 Å². The molecule has 0 saturated carbocycles. The van der Waals surface area contributed by atoms with Gasteiger partial charge in [0.15, 0.2) is 0 Å². The lowest BCUT2D eigenvalue weighted by Gasteiger charge is -2.29. The first-order valence-electron chi connectivity index (χ1n) is 7.42. The number of aliphatic imine (C=N–C) groups is 1. The molecule has 0 aromatic rings. The van der Waals surface area contributed by atoms with Crippen molar-refractivity contribution < 1.29 is 0 Å². The Kier molecular flexibility index (Phi) is 26.2. The summed E-state index contributed by atoms with van der Waals surface area (Å²) in [6, 6.07) is 0. The van der Waals surface area contributed by atoms with Crippen molar-refractivity contribution in [1.82, 2.24) is 4.90 Å². The van der Waals surface area contributed by atoms with E-state index in [0.717, 1.165) is 18.8 Å². The Morgan fingerprint density at radius 2 is 1.39 bits per heavy atom. The highest BCUT2D eigenvalue weighted by Crippen LogP contribution is 2.14. The SMILES string of the molecule is C=C/C(=C\N=C)N1CCCCC1.CC.CC.CC. The molecule has 0 aliphatic carbocycles. The minimum Gasteiger partial charge on any atom is -0.370 e. The zero-order chi connectivity index (χ0) is 14.8. The topological polar surface area (TPSA) is 15.6 Å². The first-order valence-corrected chi connectivity index (χ1v) is 7.42. The fourth-order valence-electron chi connectivity index (χ4n) is 1.51. The predicted octanol–water partition coefficient (Wildman–Crippen LogP) is 5.28. The number of hydrogen-bond donors (Lipinski definition) is 0. The van der Waals surface area contributed by atoms with Crippen molar-refractivity contribution in [3.05, 3.63) is 24.6 Å². The molecule has 0 aromatic heterocycles. The van der Waals surface area contributed by atoms with Crippen LogP contribution < -0.4 is 0 Å². The van der Waals surface area contributed by atoms with Gasteiger partial charge in [0.2, 0.25) is 0 Å². The number of allylic oxidation sites excluding steroid dienone is 1. The zero-order valence-electron chi connectivity index (χ0n) is 13.5. The summed E-state index contributed by atoms with van der Waals surface area (Å²) in [6.07, 6.45) is 7.53. The van der Waals surface area contributed by atoms with Crippen molar-refractivity contribution in [2.75, 3.05) is 13.1 Å². The molecule has 1 fully saturated rings. The van der Waals surface area contributed by atoms with E-state index in [1.54, 1.807) is 6.20 Å². The van der Waals surface area contributed by atoms with Gasteiger partial charge in [-0.2, -0.15) is 0 Å². The van der Waals surface area contributed by atoms with E-state index in [1.165, 1.54) is 19.3 Å². The maximum absolute atomic E-state index is 3.76. The second kappa shape index (κ2) is 21.3. The van der Waals surface area contributed by atoms with Crippen LogP contribution in [0.2, 0.25) is 0 Å². The molecule has 0 amide bonds. The van der Waals surface area contributed by atoms with Gasteiger partial charge >= 0.3 is 0 Å². The van der Waals surface area contributed by atoms with E-state index in [0.29, 0.717) is 0 Å². The maximum Gasteiger partial charge on any atom is 0.0545 e. The number of likely N-dealkylation sites (tertiary alicyclic amines) is 1. The molecule has 0 atom stereocenters. The molecule has 0 N–H and O–H groups in total. The molecule has 18 heavy (non-hydrogen) atoms. The molecule has 108 valence electrons. The van der Waals surface area contributed by atoms with Gasteiger partial charge in [-0.15, -0.1) is 0 Å². The smallest absolute Gasteiger partial charge is 0.0545 e. The fourth-order valence-corrected chi connectivity index (χ4v) is 1.51. The van der Waals surface area contributed by atoms with Crippen LogP contribution in [0.25, 0.3) is 0 Å². The molecule has 2 nitrogen and oxygen atoms in total. The van der Waals surface area contributed by atoms with Crippen LogP contribution in [0.3, 0.4) is 0 Å². The van der Waals surface area contributed by atoms with Gasteiger partial charge < -0.3 is 4.90 Å². The molecule has 1 aliphatic heterocycles. The van der Waals surface area contributed by atoms with Crippen LogP contribution in [0.15, 0.2) is 29.5 Å². The Hall–Kier alpha value is -1.05. The monoisotopic (exact) mass is 254 g/mol. The summed E-state index contributed by atoms with van der Waals surface area (Å²) in [5.41, 5.74) is 1.10. The third-order valence-electron chi connectivity index (χ3n) is 2.15. The number of rotatable bonds is 3. The van der Waals surface area contributed by atoms with Gasteiger partial charge in [-0.3, -0.25) is 4.99 Å². The Balaban J connectivity index is -0.000000328. The molecule has 2 heteroatoms. The minimum atomic E-state index is 1.10. The first-order chi connectivity index (χ1) is 8.88. The highest BCUT2D eigenvalue weighted by atomic mass is 15.1. The average Bonchev–Trinajstić information content (AvgIpc) is 2.52. The lowest BCUT2D eigenvalue weighted by Crippen LogP contribution is -2.28. The molecule has 0 radical (unpaired) electrons. The Bertz CT molecular complexity index is 189. The lowest BCUT2D eigenvalue weighted by molar-refractivity contribution is 0.293. The summed E-state index contributed by atoms with van der Waals surface area (Å²) in [6.45, 7) is 21.5. The van der Waals surface area contributed by atoms with Crippen molar-refractivity contribution in [2.24, 2.45) is 4.99 Å². The van der Waals surface area contributed by atoms with Gasteiger partial charge in [0.25, 0.3) is 0 Å². The molecule has 1 heterocycles. The van der Waals surface area contributed by atoms with E-state index in [1.807, 2.05) is 47.6 Å². The Labute approximate surface area is 116 Å². The van der Waals surface area contributed by atoms with Crippen LogP contribution in [0, 0.1) is 0 Å². The van der Waals surface area contributed by atoms with Gasteiger partial charge in [0, 0.05) is 19.3 Å². The van der Waals surface area contributed by atoms with Crippen LogP contribution in [0.5, 0.6) is 0 Å². The van der Waals surface area contributed by atoms with E-state index in [9.17, 15) is 0 Å². The number of nitrogens with zero attached hydrogens (tertiary/aromatic N) is 2. The van der Waals surface area contributed by atoms with E-state index >= 15 is 0 Å². The molecular formula is C16H34N2. The summed E-state index contributed by atoms with van der Waals surface area (Å²) < 4.78 is 0. The van der Waals surface area contributed by atoms with E-state index < -0.39 is 0 Å². The maximum atomic E-state index is 3.76. The molecule has 0 bridgehead atoms. The van der Waals surface area contributed by atoms with E-state index in [4.69, 9.17) is 0 Å². The van der Waals surface area contributed by atoms with Crippen LogP contribution in [-0.4, -0.2) is 24.7 Å². The average molecular weight is 254 g/mol.